The van der Waals surface area contributed by atoms with Gasteiger partial charge in [-0.1, -0.05) is 117 Å². The van der Waals surface area contributed by atoms with Crippen LogP contribution in [-0.4, -0.2) is 16.2 Å². The molecule has 2 aromatic heterocycles. The van der Waals surface area contributed by atoms with Crippen molar-refractivity contribution in [1.82, 2.24) is 9.55 Å². The molecule has 10 rings (SSSR count). The molecule has 3 heterocycles. The summed E-state index contributed by atoms with van der Waals surface area (Å²) in [4.78, 5) is 9.62. The van der Waals surface area contributed by atoms with E-state index in [0.29, 0.717) is 18.2 Å². The van der Waals surface area contributed by atoms with Gasteiger partial charge >= 0.3 is 0 Å². The first-order valence-electron chi connectivity index (χ1n) is 23.8. The third-order valence-electron chi connectivity index (χ3n) is 13.5. The van der Waals surface area contributed by atoms with Crippen LogP contribution in [0.1, 0.15) is 102 Å². The lowest BCUT2D eigenvalue weighted by Crippen LogP contribution is -2.26. The number of halogens is 2. The highest BCUT2D eigenvalue weighted by molar-refractivity contribution is 6.09. The average molecular weight is 901 g/mol. The number of hydrogen-bond donors (Lipinski definition) is 0. The van der Waals surface area contributed by atoms with Gasteiger partial charge in [0.25, 0.3) is 0 Å². The van der Waals surface area contributed by atoms with Crippen LogP contribution in [0.25, 0.3) is 49.9 Å². The monoisotopic (exact) mass is 900 g/mol. The molecule has 342 valence electrons. The van der Waals surface area contributed by atoms with Crippen LogP contribution in [0.5, 0.6) is 11.5 Å². The quantitative estimate of drug-likeness (QED) is 0.137. The molecule has 68 heavy (non-hydrogen) atoms. The van der Waals surface area contributed by atoms with Crippen LogP contribution in [0.4, 0.5) is 31.5 Å². The summed E-state index contributed by atoms with van der Waals surface area (Å²) in [6.45, 7) is 20.6. The Kier molecular flexibility index (Phi) is 11.4. The Bertz CT molecular complexity index is 3330. The van der Waals surface area contributed by atoms with Crippen molar-refractivity contribution in [2.24, 2.45) is 0 Å². The smallest absolute Gasteiger partial charge is 0.137 e. The van der Waals surface area contributed by atoms with Gasteiger partial charge in [-0.15, -0.1) is 0 Å². The van der Waals surface area contributed by atoms with E-state index in [2.05, 4.69) is 192 Å². The van der Waals surface area contributed by atoms with Crippen molar-refractivity contribution in [3.63, 3.8) is 0 Å². The zero-order valence-corrected chi connectivity index (χ0v) is 40.4. The van der Waals surface area contributed by atoms with Crippen molar-refractivity contribution in [3.05, 3.63) is 192 Å². The third kappa shape index (κ3) is 8.08. The van der Waals surface area contributed by atoms with E-state index in [4.69, 9.17) is 9.72 Å². The lowest BCUT2D eigenvalue weighted by Gasteiger charge is -2.30. The predicted molar refractivity (Wildman–Crippen MR) is 279 cm³/mol. The number of pyridine rings is 1. The minimum atomic E-state index is -0.587. The summed E-state index contributed by atoms with van der Waals surface area (Å²) in [5.41, 5.74) is 14.3. The lowest BCUT2D eigenvalue weighted by atomic mass is 9.82. The van der Waals surface area contributed by atoms with Crippen LogP contribution < -0.4 is 14.5 Å². The topological polar surface area (TPSA) is 33.5 Å². The molecule has 1 aliphatic rings. The van der Waals surface area contributed by atoms with Crippen molar-refractivity contribution in [3.8, 4) is 39.6 Å². The van der Waals surface area contributed by atoms with E-state index in [9.17, 15) is 4.39 Å². The molecule has 5 nitrogen and oxygen atoms in total. The highest BCUT2D eigenvalue weighted by Crippen LogP contribution is 2.51. The molecule has 7 aromatic carbocycles. The van der Waals surface area contributed by atoms with Crippen LogP contribution in [0.2, 0.25) is 0 Å². The fourth-order valence-electron chi connectivity index (χ4n) is 10.0. The Balaban J connectivity index is 1.15. The molecule has 9 aromatic rings. The van der Waals surface area contributed by atoms with Gasteiger partial charge in [-0.3, -0.25) is 4.57 Å². The fraction of sp³-hybridized carbons (Fsp3) is 0.230. The van der Waals surface area contributed by atoms with Crippen molar-refractivity contribution < 1.29 is 13.5 Å². The van der Waals surface area contributed by atoms with E-state index in [0.717, 1.165) is 95.8 Å². The molecule has 0 saturated carbocycles. The average Bonchev–Trinajstić information content (AvgIpc) is 3.86. The van der Waals surface area contributed by atoms with Gasteiger partial charge in [-0.2, -0.15) is 0 Å². The third-order valence-corrected chi connectivity index (χ3v) is 13.5. The Hall–Kier alpha value is -7.25. The van der Waals surface area contributed by atoms with Crippen molar-refractivity contribution >= 4 is 44.6 Å². The lowest BCUT2D eigenvalue weighted by molar-refractivity contribution is 0.483. The Morgan fingerprint density at radius 2 is 1.26 bits per heavy atom. The SMILES string of the molecule is CC(C)c1ccc2c(c1)N(c1c(C(C)C)cc(-c3ccc(F)cc3F)cc1C(C)C)CN2c1cc(Oc2ccc3c4ccccc4n(-c4ccccn4)c3c2)cc(-c2ccccc2C(C)(C)C)c1. The summed E-state index contributed by atoms with van der Waals surface area (Å²) in [5, 5.41) is 2.28. The molecule has 0 spiro atoms. The van der Waals surface area contributed by atoms with Gasteiger partial charge in [-0.05, 0) is 141 Å². The summed E-state index contributed by atoms with van der Waals surface area (Å²) in [5.74, 6) is 1.63. The molecule has 7 heteroatoms. The van der Waals surface area contributed by atoms with E-state index >= 15 is 4.39 Å². The molecular formula is C61H58F2N4O. The van der Waals surface area contributed by atoms with Crippen molar-refractivity contribution in [1.29, 1.82) is 0 Å². The van der Waals surface area contributed by atoms with Gasteiger partial charge in [0.1, 0.15) is 35.6 Å². The van der Waals surface area contributed by atoms with Gasteiger partial charge in [0.2, 0.25) is 0 Å². The predicted octanol–water partition coefficient (Wildman–Crippen LogP) is 17.5. The maximum Gasteiger partial charge on any atom is 0.137 e. The van der Waals surface area contributed by atoms with Crippen LogP contribution in [0.15, 0.2) is 158 Å². The van der Waals surface area contributed by atoms with Crippen LogP contribution in [0, 0.1) is 11.6 Å². The molecule has 0 atom stereocenters. The summed E-state index contributed by atoms with van der Waals surface area (Å²) in [6.07, 6.45) is 1.83. The first-order valence-corrected chi connectivity index (χ1v) is 23.8. The van der Waals surface area contributed by atoms with Crippen molar-refractivity contribution in [2.45, 2.75) is 85.5 Å². The number of para-hydroxylation sites is 1. The number of hydrogen-bond acceptors (Lipinski definition) is 4. The molecule has 0 N–H and O–H groups in total. The van der Waals surface area contributed by atoms with Crippen molar-refractivity contribution in [2.75, 3.05) is 16.5 Å². The number of aromatic nitrogens is 2. The summed E-state index contributed by atoms with van der Waals surface area (Å²) in [7, 11) is 0. The van der Waals surface area contributed by atoms with Gasteiger partial charge in [-0.25, -0.2) is 13.8 Å². The van der Waals surface area contributed by atoms with Gasteiger partial charge in [0.15, 0.2) is 0 Å². The Morgan fingerprint density at radius 1 is 0.559 bits per heavy atom. The number of nitrogens with zero attached hydrogens (tertiary/aromatic N) is 4. The normalized spacial score (nSPS) is 12.9. The zero-order chi connectivity index (χ0) is 47.6. The van der Waals surface area contributed by atoms with Crippen LogP contribution in [-0.2, 0) is 5.41 Å². The number of anilines is 4. The van der Waals surface area contributed by atoms with E-state index in [1.165, 1.54) is 17.2 Å². The van der Waals surface area contributed by atoms with E-state index < -0.39 is 11.6 Å². The number of fused-ring (bicyclic) bond motifs is 4. The molecule has 0 amide bonds. The van der Waals surface area contributed by atoms with Gasteiger partial charge < -0.3 is 14.5 Å². The number of benzene rings is 7. The summed E-state index contributed by atoms with van der Waals surface area (Å²) < 4.78 is 39.0. The molecule has 1 aliphatic heterocycles. The first-order chi connectivity index (χ1) is 32.6. The number of ether oxygens (including phenoxy) is 1. The maximum absolute atomic E-state index is 15.5. The molecule has 0 fully saturated rings. The molecule has 0 aliphatic carbocycles. The maximum atomic E-state index is 15.5. The summed E-state index contributed by atoms with van der Waals surface area (Å²) >= 11 is 0. The largest absolute Gasteiger partial charge is 0.457 e. The van der Waals surface area contributed by atoms with Gasteiger partial charge in [0.05, 0.1) is 22.4 Å². The Morgan fingerprint density at radius 3 is 1.97 bits per heavy atom. The molecule has 0 bridgehead atoms. The van der Waals surface area contributed by atoms with E-state index in [-0.39, 0.29) is 17.3 Å². The highest BCUT2D eigenvalue weighted by Gasteiger charge is 2.34. The standard InChI is InChI=1S/C61H58F2N4O/c1-37(2)40-21-26-56-58(32-40)66(60-51(38(3)4)30-42(31-52(60)39(5)6)48-24-22-43(62)33-54(48)63)36-65(56)44-28-41(47-16-10-12-18-53(47)61(7,8)9)29-46(34-44)68-45-23-25-50-49-17-11-13-19-55(49)67(57(50)35-45)59-20-14-15-27-64-59/h10-35,37-39H,36H2,1-9H3. The van der Waals surface area contributed by atoms with E-state index in [1.807, 2.05) is 24.4 Å². The van der Waals surface area contributed by atoms with Gasteiger partial charge in [0, 0.05) is 52.1 Å². The zero-order valence-electron chi connectivity index (χ0n) is 40.4. The highest BCUT2D eigenvalue weighted by atomic mass is 19.1. The van der Waals surface area contributed by atoms with E-state index in [1.54, 1.807) is 6.07 Å². The van der Waals surface area contributed by atoms with Crippen LogP contribution in [0.3, 0.4) is 0 Å². The minimum Gasteiger partial charge on any atom is -0.457 e. The Labute approximate surface area is 399 Å². The molecular weight excluding hydrogens is 843 g/mol. The summed E-state index contributed by atoms with van der Waals surface area (Å²) in [6, 6.07) is 51.1. The minimum absolute atomic E-state index is 0.0997. The molecule has 0 saturated heterocycles. The first kappa shape index (κ1) is 44.6. The fourth-order valence-corrected chi connectivity index (χ4v) is 10.0. The van der Waals surface area contributed by atoms with Crippen LogP contribution >= 0.6 is 0 Å². The second kappa shape index (κ2) is 17.4. The molecule has 0 unspecified atom stereocenters. The number of rotatable bonds is 10. The second-order valence-corrected chi connectivity index (χ2v) is 20.2. The second-order valence-electron chi connectivity index (χ2n) is 20.2. The molecule has 0 radical (unpaired) electrons.